The molecule has 3 aliphatic heterocycles. The highest BCUT2D eigenvalue weighted by atomic mass is 16.5. The number of hydrogen-bond acceptors (Lipinski definition) is 7. The number of ether oxygens (including phenoxy) is 1. The number of piperidine rings is 1. The maximum Gasteiger partial charge on any atom is 0.373 e. The zero-order chi connectivity index (χ0) is 17.7. The third-order valence-electron chi connectivity index (χ3n) is 5.72. The first-order valence-electron chi connectivity index (χ1n) is 9.21. The van der Waals surface area contributed by atoms with Crippen molar-refractivity contribution < 1.29 is 13.9 Å². The number of furan rings is 1. The minimum Gasteiger partial charge on any atom is -0.463 e. The molecule has 2 bridgehead atoms. The number of esters is 1. The van der Waals surface area contributed by atoms with E-state index in [1.165, 1.54) is 32.1 Å². The molecule has 0 spiro atoms. The van der Waals surface area contributed by atoms with Crippen LogP contribution >= 0.6 is 0 Å². The smallest absolute Gasteiger partial charge is 0.373 e. The third kappa shape index (κ3) is 2.76. The van der Waals surface area contributed by atoms with Crippen LogP contribution in [0.3, 0.4) is 0 Å². The van der Waals surface area contributed by atoms with E-state index in [1.54, 1.807) is 12.4 Å². The third-order valence-corrected chi connectivity index (χ3v) is 5.72. The number of piperazine rings is 1. The molecule has 0 aromatic carbocycles. The number of anilines is 1. The van der Waals surface area contributed by atoms with Gasteiger partial charge in [-0.2, -0.15) is 0 Å². The number of fused-ring (bicyclic) bond motifs is 2. The summed E-state index contributed by atoms with van der Waals surface area (Å²) in [6.45, 7) is 2.68. The molecule has 4 aliphatic rings. The zero-order valence-electron chi connectivity index (χ0n) is 14.8. The van der Waals surface area contributed by atoms with Gasteiger partial charge in [0, 0.05) is 42.9 Å². The van der Waals surface area contributed by atoms with E-state index in [1.807, 2.05) is 6.07 Å². The summed E-state index contributed by atoms with van der Waals surface area (Å²) < 4.78 is 10.3. The topological polar surface area (TPSA) is 71.7 Å². The Kier molecular flexibility index (Phi) is 3.70. The van der Waals surface area contributed by atoms with E-state index in [0.717, 1.165) is 31.2 Å². The Morgan fingerprint density at radius 3 is 2.81 bits per heavy atom. The van der Waals surface area contributed by atoms with Crippen molar-refractivity contribution in [3.05, 3.63) is 41.7 Å². The summed E-state index contributed by atoms with van der Waals surface area (Å²) >= 11 is 0. The van der Waals surface area contributed by atoms with Gasteiger partial charge in [-0.05, 0) is 31.4 Å². The Morgan fingerprint density at radius 2 is 2.08 bits per heavy atom. The van der Waals surface area contributed by atoms with Crippen LogP contribution in [0.1, 0.15) is 47.2 Å². The summed E-state index contributed by atoms with van der Waals surface area (Å²) in [4.78, 5) is 25.3. The lowest BCUT2D eigenvalue weighted by Crippen LogP contribution is -2.68. The highest BCUT2D eigenvalue weighted by Gasteiger charge is 2.45. The van der Waals surface area contributed by atoms with Crippen LogP contribution in [-0.2, 0) is 11.3 Å². The van der Waals surface area contributed by atoms with E-state index in [9.17, 15) is 4.79 Å². The normalized spacial score (nSPS) is 25.0. The lowest BCUT2D eigenvalue weighted by molar-refractivity contribution is -0.0140. The number of rotatable bonds is 5. The van der Waals surface area contributed by atoms with Crippen LogP contribution < -0.4 is 4.90 Å². The first kappa shape index (κ1) is 15.8. The van der Waals surface area contributed by atoms with Gasteiger partial charge < -0.3 is 14.1 Å². The molecule has 0 amide bonds. The molecular formula is C19H22N4O3. The van der Waals surface area contributed by atoms with Crippen molar-refractivity contribution in [1.82, 2.24) is 14.9 Å². The Labute approximate surface area is 152 Å². The molecule has 5 heterocycles. The van der Waals surface area contributed by atoms with Gasteiger partial charge in [0.15, 0.2) is 0 Å². The molecule has 3 saturated heterocycles. The second kappa shape index (κ2) is 6.09. The Bertz CT molecular complexity index is 820. The predicted molar refractivity (Wildman–Crippen MR) is 94.0 cm³/mol. The van der Waals surface area contributed by atoms with Crippen molar-refractivity contribution in [3.63, 3.8) is 0 Å². The second-order valence-corrected chi connectivity index (χ2v) is 7.45. The molecule has 2 aromatic heterocycles. The molecule has 1 aliphatic carbocycles. The van der Waals surface area contributed by atoms with Gasteiger partial charge in [0.1, 0.15) is 17.9 Å². The minimum atomic E-state index is -0.429. The molecular weight excluding hydrogens is 332 g/mol. The van der Waals surface area contributed by atoms with E-state index in [4.69, 9.17) is 9.15 Å². The van der Waals surface area contributed by atoms with Gasteiger partial charge in [0.05, 0.1) is 13.7 Å². The van der Waals surface area contributed by atoms with Gasteiger partial charge in [-0.15, -0.1) is 0 Å². The fourth-order valence-corrected chi connectivity index (χ4v) is 4.12. The highest BCUT2D eigenvalue weighted by molar-refractivity contribution is 5.86. The van der Waals surface area contributed by atoms with Gasteiger partial charge in [-0.25, -0.2) is 14.8 Å². The minimum absolute atomic E-state index is 0.267. The molecule has 7 heteroatoms. The van der Waals surface area contributed by atoms with Gasteiger partial charge >= 0.3 is 5.97 Å². The first-order chi connectivity index (χ1) is 12.7. The summed E-state index contributed by atoms with van der Waals surface area (Å²) in [5.74, 6) is 2.36. The SMILES string of the molecule is COC(=O)c1ccc(CN2C3CC2CN(c2cc(C4CC4)ncn2)C3)o1. The average Bonchev–Trinajstić information content (AvgIpc) is 3.44. The number of nitrogens with zero attached hydrogens (tertiary/aromatic N) is 4. The van der Waals surface area contributed by atoms with Crippen LogP contribution in [0.25, 0.3) is 0 Å². The standard InChI is InChI=1S/C19H22N4O3/c1-25-19(24)17-5-4-15(26-17)10-23-13-6-14(23)9-22(8-13)18-7-16(12-2-3-12)20-11-21-18/h4-5,7,11-14H,2-3,6,8-10H2,1H3. The monoisotopic (exact) mass is 354 g/mol. The van der Waals surface area contributed by atoms with Gasteiger partial charge in [-0.3, -0.25) is 4.90 Å². The Hall–Kier alpha value is -2.41. The molecule has 2 unspecified atom stereocenters. The van der Waals surface area contributed by atoms with Crippen molar-refractivity contribution >= 4 is 11.8 Å². The molecule has 2 atom stereocenters. The molecule has 1 saturated carbocycles. The highest BCUT2D eigenvalue weighted by Crippen LogP contribution is 2.40. The van der Waals surface area contributed by atoms with Crippen molar-refractivity contribution in [1.29, 1.82) is 0 Å². The van der Waals surface area contributed by atoms with Crippen molar-refractivity contribution in [2.45, 2.75) is 43.8 Å². The number of aromatic nitrogens is 2. The van der Waals surface area contributed by atoms with Crippen LogP contribution in [0.4, 0.5) is 5.82 Å². The maximum absolute atomic E-state index is 11.5. The van der Waals surface area contributed by atoms with Gasteiger partial charge in [0.25, 0.3) is 0 Å². The van der Waals surface area contributed by atoms with Crippen LogP contribution in [0.2, 0.25) is 0 Å². The van der Waals surface area contributed by atoms with E-state index in [-0.39, 0.29) is 5.76 Å². The summed E-state index contributed by atoms with van der Waals surface area (Å²) in [6, 6.07) is 6.72. The van der Waals surface area contributed by atoms with Crippen LogP contribution in [0, 0.1) is 0 Å². The summed E-state index contributed by atoms with van der Waals surface area (Å²) in [6.07, 6.45) is 5.43. The molecule has 0 radical (unpaired) electrons. The number of hydrogen-bond donors (Lipinski definition) is 0. The first-order valence-corrected chi connectivity index (χ1v) is 9.21. The molecule has 136 valence electrons. The second-order valence-electron chi connectivity index (χ2n) is 7.45. The summed E-state index contributed by atoms with van der Waals surface area (Å²) in [5, 5.41) is 0. The molecule has 6 rings (SSSR count). The van der Waals surface area contributed by atoms with Crippen molar-refractivity contribution in [3.8, 4) is 0 Å². The van der Waals surface area contributed by atoms with E-state index in [2.05, 4.69) is 25.8 Å². The number of carbonyl (C=O) groups is 1. The van der Waals surface area contributed by atoms with E-state index in [0.29, 0.717) is 18.0 Å². The van der Waals surface area contributed by atoms with E-state index >= 15 is 0 Å². The Balaban J connectivity index is 1.24. The maximum atomic E-state index is 11.5. The van der Waals surface area contributed by atoms with Gasteiger partial charge in [-0.1, -0.05) is 0 Å². The molecule has 7 nitrogen and oxygen atoms in total. The zero-order valence-corrected chi connectivity index (χ0v) is 14.8. The molecule has 0 N–H and O–H groups in total. The predicted octanol–water partition coefficient (Wildman–Crippen LogP) is 2.20. The lowest BCUT2D eigenvalue weighted by atomic mass is 9.87. The van der Waals surface area contributed by atoms with Crippen LogP contribution in [-0.4, -0.2) is 53.1 Å². The molecule has 2 aromatic rings. The fourth-order valence-electron chi connectivity index (χ4n) is 4.12. The van der Waals surface area contributed by atoms with Gasteiger partial charge in [0.2, 0.25) is 5.76 Å². The average molecular weight is 354 g/mol. The Morgan fingerprint density at radius 1 is 1.27 bits per heavy atom. The largest absolute Gasteiger partial charge is 0.463 e. The van der Waals surface area contributed by atoms with Crippen molar-refractivity contribution in [2.24, 2.45) is 0 Å². The van der Waals surface area contributed by atoms with E-state index < -0.39 is 5.97 Å². The quantitative estimate of drug-likeness (QED) is 0.762. The van der Waals surface area contributed by atoms with Crippen LogP contribution in [0.15, 0.2) is 28.9 Å². The molecule has 4 fully saturated rings. The summed E-state index contributed by atoms with van der Waals surface area (Å²) in [7, 11) is 1.36. The van der Waals surface area contributed by atoms with Crippen LogP contribution in [0.5, 0.6) is 0 Å². The lowest BCUT2D eigenvalue weighted by Gasteiger charge is -2.56. The number of carbonyl (C=O) groups excluding carboxylic acids is 1. The molecule has 26 heavy (non-hydrogen) atoms. The fraction of sp³-hybridized carbons (Fsp3) is 0.526. The number of methoxy groups -OCH3 is 1. The summed E-state index contributed by atoms with van der Waals surface area (Å²) in [5.41, 5.74) is 1.19. The van der Waals surface area contributed by atoms with Crippen molar-refractivity contribution in [2.75, 3.05) is 25.1 Å².